The number of amides is 1. The minimum absolute atomic E-state index is 0.0303. The number of hydrogen-bond acceptors (Lipinski definition) is 7. The van der Waals surface area contributed by atoms with E-state index in [1.807, 2.05) is 0 Å². The Morgan fingerprint density at radius 1 is 1.05 bits per heavy atom. The number of nitrogens with zero attached hydrogens (tertiary/aromatic N) is 4. The number of alkyl halides is 3. The average molecular weight is 556 g/mol. The van der Waals surface area contributed by atoms with E-state index in [1.165, 1.54) is 34.6 Å². The summed E-state index contributed by atoms with van der Waals surface area (Å²) in [5, 5.41) is 30.2. The molecule has 0 aliphatic heterocycles. The van der Waals surface area contributed by atoms with Crippen LogP contribution in [0.4, 0.5) is 13.2 Å². The second kappa shape index (κ2) is 11.0. The van der Waals surface area contributed by atoms with Crippen molar-refractivity contribution >= 4 is 15.9 Å². The number of hydrogen-bond donors (Lipinski definition) is 3. The molecule has 0 aliphatic carbocycles. The molecule has 0 radical (unpaired) electrons. The third kappa shape index (κ3) is 5.91. The molecule has 3 N–H and O–H groups in total. The minimum atomic E-state index is -4.68. The predicted molar refractivity (Wildman–Crippen MR) is 133 cm³/mol. The van der Waals surface area contributed by atoms with Crippen molar-refractivity contribution in [1.82, 2.24) is 24.4 Å². The van der Waals surface area contributed by atoms with Crippen LogP contribution in [0.5, 0.6) is 11.5 Å². The lowest BCUT2D eigenvalue weighted by molar-refractivity contribution is -0.123. The van der Waals surface area contributed by atoms with Gasteiger partial charge in [0.25, 0.3) is 5.91 Å². The molecule has 1 aromatic heterocycles. The molecular weight excluding hydrogens is 527 g/mol. The molecule has 0 fully saturated rings. The normalized spacial score (nSPS) is 12.3. The number of rotatable bonds is 9. The van der Waals surface area contributed by atoms with Crippen molar-refractivity contribution < 1.29 is 36.6 Å². The first-order chi connectivity index (χ1) is 17.7. The summed E-state index contributed by atoms with van der Waals surface area (Å²) in [4.78, 5) is 12.7. The summed E-state index contributed by atoms with van der Waals surface area (Å²) in [7, 11) is -3.81. The van der Waals surface area contributed by atoms with Gasteiger partial charge in [0, 0.05) is 24.8 Å². The van der Waals surface area contributed by atoms with E-state index in [-0.39, 0.29) is 46.7 Å². The molecule has 0 bridgehead atoms. The van der Waals surface area contributed by atoms with E-state index in [4.69, 9.17) is 0 Å². The number of carbonyl (C=O) groups is 1. The number of phenols is 2. The molecule has 2 aromatic carbocycles. The van der Waals surface area contributed by atoms with Gasteiger partial charge in [-0.1, -0.05) is 27.7 Å². The maximum atomic E-state index is 12.9. The zero-order valence-corrected chi connectivity index (χ0v) is 21.9. The molecule has 14 heteroatoms. The zero-order chi connectivity index (χ0) is 28.4. The van der Waals surface area contributed by atoms with Crippen LogP contribution in [-0.4, -0.2) is 69.4 Å². The van der Waals surface area contributed by atoms with Crippen LogP contribution < -0.4 is 5.32 Å². The first-order valence-electron chi connectivity index (χ1n) is 11.7. The third-order valence-electron chi connectivity index (χ3n) is 5.76. The van der Waals surface area contributed by atoms with E-state index >= 15 is 0 Å². The van der Waals surface area contributed by atoms with Gasteiger partial charge < -0.3 is 15.5 Å². The van der Waals surface area contributed by atoms with Crippen LogP contribution in [0.1, 0.15) is 49.8 Å². The van der Waals surface area contributed by atoms with Gasteiger partial charge in [-0.05, 0) is 41.8 Å². The van der Waals surface area contributed by atoms with Gasteiger partial charge in [-0.2, -0.15) is 17.5 Å². The Kier molecular flexibility index (Phi) is 8.36. The summed E-state index contributed by atoms with van der Waals surface area (Å²) < 4.78 is 66.3. The smallest absolute Gasteiger partial charge is 0.405 e. The van der Waals surface area contributed by atoms with Gasteiger partial charge in [0.2, 0.25) is 15.8 Å². The molecule has 1 amide bonds. The van der Waals surface area contributed by atoms with Gasteiger partial charge >= 0.3 is 6.18 Å². The third-order valence-corrected chi connectivity index (χ3v) is 7.83. The Morgan fingerprint density at radius 3 is 2.18 bits per heavy atom. The summed E-state index contributed by atoms with van der Waals surface area (Å²) in [6.07, 6.45) is -4.68. The first kappa shape index (κ1) is 28.9. The van der Waals surface area contributed by atoms with E-state index in [9.17, 15) is 36.6 Å². The van der Waals surface area contributed by atoms with Gasteiger partial charge in [-0.25, -0.2) is 8.42 Å². The molecule has 0 saturated heterocycles. The second-order valence-corrected chi connectivity index (χ2v) is 10.6. The fraction of sp³-hybridized carbons (Fsp3) is 0.375. The van der Waals surface area contributed by atoms with Crippen LogP contribution in [0, 0.1) is 0 Å². The second-order valence-electron chi connectivity index (χ2n) is 8.65. The average Bonchev–Trinajstić information content (AvgIpc) is 3.27. The highest BCUT2D eigenvalue weighted by molar-refractivity contribution is 7.89. The van der Waals surface area contributed by atoms with Crippen LogP contribution in [0.25, 0.3) is 17.1 Å². The lowest BCUT2D eigenvalue weighted by atomic mass is 9.98. The standard InChI is InChI=1S/C24H28F3N5O5S/c1-5-31(6-2)38(36,37)16-9-7-15(8-10-16)32-21(18-11-17(14(3)4)19(33)12-20(18)34)29-30-22(32)23(35)28-13-24(25,26)27/h7-12,14,33-34H,5-6,13H2,1-4H3,(H,28,35). The van der Waals surface area contributed by atoms with Gasteiger partial charge in [-0.15, -0.1) is 10.2 Å². The van der Waals surface area contributed by atoms with Crippen LogP contribution in [-0.2, 0) is 10.0 Å². The molecule has 0 aliphatic rings. The van der Waals surface area contributed by atoms with Gasteiger partial charge in [0.1, 0.15) is 18.0 Å². The highest BCUT2D eigenvalue weighted by atomic mass is 32.2. The highest BCUT2D eigenvalue weighted by Gasteiger charge is 2.31. The van der Waals surface area contributed by atoms with E-state index in [0.717, 1.165) is 10.6 Å². The van der Waals surface area contributed by atoms with E-state index in [1.54, 1.807) is 33.0 Å². The van der Waals surface area contributed by atoms with Crippen LogP contribution in [0.2, 0.25) is 0 Å². The number of carbonyl (C=O) groups excluding carboxylic acids is 1. The SMILES string of the molecule is CCN(CC)S(=O)(=O)c1ccc(-n2c(C(=O)NCC(F)(F)F)nnc2-c2cc(C(C)C)c(O)cc2O)cc1. The molecule has 0 spiro atoms. The molecule has 1 heterocycles. The largest absolute Gasteiger partial charge is 0.508 e. The Labute approximate surface area is 217 Å². The Balaban J connectivity index is 2.20. The summed E-state index contributed by atoms with van der Waals surface area (Å²) in [6.45, 7) is 5.87. The van der Waals surface area contributed by atoms with Crippen molar-refractivity contribution in [3.63, 3.8) is 0 Å². The Bertz CT molecular complexity index is 1420. The lowest BCUT2D eigenvalue weighted by Crippen LogP contribution is -2.35. The van der Waals surface area contributed by atoms with Gasteiger partial charge in [-0.3, -0.25) is 9.36 Å². The fourth-order valence-electron chi connectivity index (χ4n) is 3.83. The van der Waals surface area contributed by atoms with Crippen LogP contribution in [0.3, 0.4) is 0 Å². The van der Waals surface area contributed by atoms with E-state index < -0.39 is 40.2 Å². The van der Waals surface area contributed by atoms with Crippen molar-refractivity contribution in [3.05, 3.63) is 47.8 Å². The molecule has 3 rings (SSSR count). The monoisotopic (exact) mass is 555 g/mol. The Hall–Kier alpha value is -3.65. The molecule has 206 valence electrons. The number of benzene rings is 2. The minimum Gasteiger partial charge on any atom is -0.508 e. The van der Waals surface area contributed by atoms with Gasteiger partial charge in [0.05, 0.1) is 10.5 Å². The molecule has 0 atom stereocenters. The van der Waals surface area contributed by atoms with E-state index in [2.05, 4.69) is 10.2 Å². The summed E-state index contributed by atoms with van der Waals surface area (Å²) in [5.41, 5.74) is 0.643. The fourth-order valence-corrected chi connectivity index (χ4v) is 5.28. The van der Waals surface area contributed by atoms with Crippen molar-refractivity contribution in [2.75, 3.05) is 19.6 Å². The topological polar surface area (TPSA) is 138 Å². The molecule has 0 unspecified atom stereocenters. The number of sulfonamides is 1. The zero-order valence-electron chi connectivity index (χ0n) is 21.1. The summed E-state index contributed by atoms with van der Waals surface area (Å²) >= 11 is 0. The highest BCUT2D eigenvalue weighted by Crippen LogP contribution is 2.38. The van der Waals surface area contributed by atoms with Gasteiger partial charge in [0.15, 0.2) is 5.82 Å². The number of phenolic OH excluding ortho intramolecular Hbond substituents is 2. The molecule has 10 nitrogen and oxygen atoms in total. The molecule has 38 heavy (non-hydrogen) atoms. The number of halogens is 3. The predicted octanol–water partition coefficient (Wildman–Crippen LogP) is 3.79. The maximum absolute atomic E-state index is 12.9. The maximum Gasteiger partial charge on any atom is 0.405 e. The molecule has 0 saturated carbocycles. The van der Waals surface area contributed by atoms with Crippen molar-refractivity contribution in [2.45, 2.75) is 44.7 Å². The number of nitrogens with one attached hydrogen (secondary N) is 1. The summed E-state index contributed by atoms with van der Waals surface area (Å²) in [6, 6.07) is 7.81. The van der Waals surface area contributed by atoms with Crippen molar-refractivity contribution in [3.8, 4) is 28.6 Å². The lowest BCUT2D eigenvalue weighted by Gasteiger charge is -2.19. The van der Waals surface area contributed by atoms with Crippen molar-refractivity contribution in [2.24, 2.45) is 0 Å². The number of aromatic nitrogens is 3. The van der Waals surface area contributed by atoms with Crippen LogP contribution >= 0.6 is 0 Å². The van der Waals surface area contributed by atoms with Crippen LogP contribution in [0.15, 0.2) is 41.3 Å². The van der Waals surface area contributed by atoms with Crippen molar-refractivity contribution in [1.29, 1.82) is 0 Å². The summed E-state index contributed by atoms with van der Waals surface area (Å²) in [5.74, 6) is -2.60. The molecule has 3 aromatic rings. The number of aromatic hydroxyl groups is 2. The first-order valence-corrected chi connectivity index (χ1v) is 13.1. The Morgan fingerprint density at radius 2 is 1.66 bits per heavy atom. The molecular formula is C24H28F3N5O5S. The van der Waals surface area contributed by atoms with E-state index in [0.29, 0.717) is 5.56 Å². The quantitative estimate of drug-likeness (QED) is 0.365.